The van der Waals surface area contributed by atoms with Crippen LogP contribution in [-0.2, 0) is 0 Å². The Balaban J connectivity index is 2.34. The summed E-state index contributed by atoms with van der Waals surface area (Å²) in [5.74, 6) is 0.434. The normalized spacial score (nSPS) is 28.7. The van der Waals surface area contributed by atoms with E-state index in [2.05, 4.69) is 25.7 Å². The fourth-order valence-corrected chi connectivity index (χ4v) is 2.12. The van der Waals surface area contributed by atoms with Crippen LogP contribution >= 0.6 is 0 Å². The Labute approximate surface area is 88.3 Å². The van der Waals surface area contributed by atoms with E-state index in [-0.39, 0.29) is 6.10 Å². The van der Waals surface area contributed by atoms with Crippen LogP contribution < -0.4 is 0 Å². The van der Waals surface area contributed by atoms with Crippen LogP contribution in [0.4, 0.5) is 0 Å². The highest BCUT2D eigenvalue weighted by Gasteiger charge is 2.22. The molecule has 3 unspecified atom stereocenters. The second-order valence-corrected chi connectivity index (χ2v) is 4.79. The molecule has 1 aliphatic rings. The highest BCUT2D eigenvalue weighted by Crippen LogP contribution is 2.18. The van der Waals surface area contributed by atoms with Gasteiger partial charge in [-0.05, 0) is 32.2 Å². The lowest BCUT2D eigenvalue weighted by molar-refractivity contribution is 0.0418. The summed E-state index contributed by atoms with van der Waals surface area (Å²) in [6.07, 6.45) is 4.89. The quantitative estimate of drug-likeness (QED) is 0.751. The van der Waals surface area contributed by atoms with E-state index in [1.54, 1.807) is 0 Å². The molecule has 1 rings (SSSR count). The summed E-state index contributed by atoms with van der Waals surface area (Å²) >= 11 is 0. The zero-order valence-corrected chi connectivity index (χ0v) is 9.87. The highest BCUT2D eigenvalue weighted by atomic mass is 16.3. The number of hydrogen-bond donors (Lipinski definition) is 1. The van der Waals surface area contributed by atoms with Gasteiger partial charge in [-0.2, -0.15) is 0 Å². The molecule has 0 aromatic rings. The summed E-state index contributed by atoms with van der Waals surface area (Å²) in [4.78, 5) is 2.44. The van der Waals surface area contributed by atoms with Crippen molar-refractivity contribution in [3.63, 3.8) is 0 Å². The maximum Gasteiger partial charge on any atom is 0.0692 e. The minimum Gasteiger partial charge on any atom is -0.392 e. The fraction of sp³-hybridized carbons (Fsp3) is 1.00. The molecule has 0 saturated carbocycles. The van der Waals surface area contributed by atoms with Gasteiger partial charge < -0.3 is 5.11 Å². The van der Waals surface area contributed by atoms with Crippen molar-refractivity contribution in [2.24, 2.45) is 5.92 Å². The lowest BCUT2D eigenvalue weighted by atomic mass is 9.98. The van der Waals surface area contributed by atoms with Crippen LogP contribution in [0.1, 0.15) is 46.5 Å². The summed E-state index contributed by atoms with van der Waals surface area (Å²) in [6, 6.07) is 0.669. The van der Waals surface area contributed by atoms with Gasteiger partial charge >= 0.3 is 0 Å². The summed E-state index contributed by atoms with van der Waals surface area (Å²) in [5.41, 5.74) is 0. The van der Waals surface area contributed by atoms with E-state index in [1.165, 1.54) is 25.8 Å². The van der Waals surface area contributed by atoms with Crippen molar-refractivity contribution in [1.29, 1.82) is 0 Å². The maximum atomic E-state index is 9.95. The molecule has 1 N–H and O–H groups in total. The molecule has 1 fully saturated rings. The summed E-state index contributed by atoms with van der Waals surface area (Å²) in [7, 11) is 0. The third kappa shape index (κ3) is 3.25. The number of nitrogens with zero attached hydrogens (tertiary/aromatic N) is 1. The van der Waals surface area contributed by atoms with Gasteiger partial charge in [0.05, 0.1) is 6.10 Å². The second-order valence-electron chi connectivity index (χ2n) is 4.79. The molecular formula is C12H25NO. The van der Waals surface area contributed by atoms with Crippen LogP contribution in [0.5, 0.6) is 0 Å². The number of hydrogen-bond acceptors (Lipinski definition) is 2. The monoisotopic (exact) mass is 199 g/mol. The van der Waals surface area contributed by atoms with Gasteiger partial charge in [0, 0.05) is 12.6 Å². The van der Waals surface area contributed by atoms with Crippen molar-refractivity contribution in [3.05, 3.63) is 0 Å². The number of aliphatic hydroxyl groups excluding tert-OH is 1. The van der Waals surface area contributed by atoms with E-state index in [0.29, 0.717) is 12.0 Å². The Morgan fingerprint density at radius 2 is 2.14 bits per heavy atom. The summed E-state index contributed by atoms with van der Waals surface area (Å²) in [6.45, 7) is 8.61. The zero-order valence-electron chi connectivity index (χ0n) is 9.87. The predicted molar refractivity (Wildman–Crippen MR) is 60.3 cm³/mol. The van der Waals surface area contributed by atoms with Crippen LogP contribution in [-0.4, -0.2) is 35.2 Å². The first kappa shape index (κ1) is 12.0. The fourth-order valence-electron chi connectivity index (χ4n) is 2.12. The van der Waals surface area contributed by atoms with E-state index in [4.69, 9.17) is 0 Å². The molecule has 1 heterocycles. The van der Waals surface area contributed by atoms with Crippen molar-refractivity contribution >= 4 is 0 Å². The Bertz CT molecular complexity index is 160. The summed E-state index contributed by atoms with van der Waals surface area (Å²) in [5, 5.41) is 9.95. The van der Waals surface area contributed by atoms with E-state index in [1.807, 2.05) is 0 Å². The third-order valence-electron chi connectivity index (χ3n) is 3.66. The molecule has 1 saturated heterocycles. The predicted octanol–water partition coefficient (Wildman–Crippen LogP) is 2.27. The SMILES string of the molecule is CCC(C)C(O)CN1CCCCC1C. The molecule has 0 aromatic carbocycles. The molecule has 0 radical (unpaired) electrons. The first-order valence-corrected chi connectivity index (χ1v) is 6.07. The second kappa shape index (κ2) is 5.72. The standard InChI is InChI=1S/C12H25NO/c1-4-10(2)12(14)9-13-8-6-5-7-11(13)3/h10-12,14H,4-9H2,1-3H3. The zero-order chi connectivity index (χ0) is 10.6. The molecule has 0 aromatic heterocycles. The van der Waals surface area contributed by atoms with Gasteiger partial charge in [-0.25, -0.2) is 0 Å². The average molecular weight is 199 g/mol. The van der Waals surface area contributed by atoms with Crippen LogP contribution in [0.15, 0.2) is 0 Å². The Morgan fingerprint density at radius 3 is 2.71 bits per heavy atom. The van der Waals surface area contributed by atoms with Gasteiger partial charge in [-0.1, -0.05) is 26.7 Å². The number of rotatable bonds is 4. The van der Waals surface area contributed by atoms with Crippen LogP contribution in [0.3, 0.4) is 0 Å². The van der Waals surface area contributed by atoms with Gasteiger partial charge in [0.2, 0.25) is 0 Å². The minimum absolute atomic E-state index is 0.138. The van der Waals surface area contributed by atoms with Crippen molar-refractivity contribution in [3.8, 4) is 0 Å². The lowest BCUT2D eigenvalue weighted by Gasteiger charge is -2.35. The molecule has 2 nitrogen and oxygen atoms in total. The topological polar surface area (TPSA) is 23.5 Å². The van der Waals surface area contributed by atoms with E-state index in [9.17, 15) is 5.11 Å². The Morgan fingerprint density at radius 1 is 1.43 bits per heavy atom. The summed E-state index contributed by atoms with van der Waals surface area (Å²) < 4.78 is 0. The van der Waals surface area contributed by atoms with Gasteiger partial charge in [-0.3, -0.25) is 4.90 Å². The van der Waals surface area contributed by atoms with Crippen LogP contribution in [0, 0.1) is 5.92 Å². The Kier molecular flexibility index (Phi) is 4.90. The van der Waals surface area contributed by atoms with Crippen molar-refractivity contribution in [2.45, 2.75) is 58.6 Å². The molecule has 0 aliphatic carbocycles. The number of likely N-dealkylation sites (tertiary alicyclic amines) is 1. The maximum absolute atomic E-state index is 9.95. The highest BCUT2D eigenvalue weighted by molar-refractivity contribution is 4.77. The smallest absolute Gasteiger partial charge is 0.0692 e. The van der Waals surface area contributed by atoms with E-state index in [0.717, 1.165) is 13.0 Å². The molecule has 0 bridgehead atoms. The Hall–Kier alpha value is -0.0800. The van der Waals surface area contributed by atoms with Crippen molar-refractivity contribution in [2.75, 3.05) is 13.1 Å². The van der Waals surface area contributed by atoms with Crippen molar-refractivity contribution < 1.29 is 5.11 Å². The molecule has 3 atom stereocenters. The molecule has 0 spiro atoms. The van der Waals surface area contributed by atoms with E-state index < -0.39 is 0 Å². The lowest BCUT2D eigenvalue weighted by Crippen LogP contribution is -2.43. The number of piperidine rings is 1. The molecular weight excluding hydrogens is 174 g/mol. The molecule has 2 heteroatoms. The van der Waals surface area contributed by atoms with Crippen LogP contribution in [0.25, 0.3) is 0 Å². The third-order valence-corrected chi connectivity index (χ3v) is 3.66. The van der Waals surface area contributed by atoms with Gasteiger partial charge in [-0.15, -0.1) is 0 Å². The van der Waals surface area contributed by atoms with Gasteiger partial charge in [0.1, 0.15) is 0 Å². The largest absolute Gasteiger partial charge is 0.392 e. The molecule has 0 amide bonds. The van der Waals surface area contributed by atoms with Crippen LogP contribution in [0.2, 0.25) is 0 Å². The van der Waals surface area contributed by atoms with Crippen molar-refractivity contribution in [1.82, 2.24) is 4.90 Å². The minimum atomic E-state index is -0.138. The first-order chi connectivity index (χ1) is 6.65. The van der Waals surface area contributed by atoms with E-state index >= 15 is 0 Å². The van der Waals surface area contributed by atoms with Gasteiger partial charge in [0.15, 0.2) is 0 Å². The number of aliphatic hydroxyl groups is 1. The molecule has 1 aliphatic heterocycles. The van der Waals surface area contributed by atoms with Gasteiger partial charge in [0.25, 0.3) is 0 Å². The number of β-amino-alcohol motifs (C(OH)–C–C–N with tert-alkyl or cyclic N) is 1. The average Bonchev–Trinajstić information content (AvgIpc) is 2.20. The molecule has 84 valence electrons. The molecule has 14 heavy (non-hydrogen) atoms. The first-order valence-electron chi connectivity index (χ1n) is 6.07.